The molecule has 3 rings (SSSR count). The first-order chi connectivity index (χ1) is 16.5. The highest BCUT2D eigenvalue weighted by Gasteiger charge is 2.31. The molecule has 0 aliphatic carbocycles. The molecule has 2 heterocycles. The maximum absolute atomic E-state index is 12.7. The molecule has 0 fully saturated rings. The molecule has 0 saturated carbocycles. The van der Waals surface area contributed by atoms with Crippen molar-refractivity contribution in [3.63, 3.8) is 0 Å². The Bertz CT molecular complexity index is 1170. The molecule has 186 valence electrons. The van der Waals surface area contributed by atoms with Gasteiger partial charge >= 0.3 is 12.1 Å². The number of hydrogen-bond acceptors (Lipinski definition) is 6. The number of hydrogen-bond donors (Lipinski definition) is 1. The van der Waals surface area contributed by atoms with Gasteiger partial charge in [-0.05, 0) is 64.1 Å². The lowest BCUT2D eigenvalue weighted by Gasteiger charge is -2.27. The van der Waals surface area contributed by atoms with Crippen molar-refractivity contribution in [1.82, 2.24) is 14.8 Å². The molecule has 35 heavy (non-hydrogen) atoms. The van der Waals surface area contributed by atoms with Crippen molar-refractivity contribution in [2.75, 3.05) is 23.4 Å². The molecule has 1 aromatic carbocycles. The van der Waals surface area contributed by atoms with Gasteiger partial charge in [-0.1, -0.05) is 0 Å². The van der Waals surface area contributed by atoms with E-state index in [-0.39, 0.29) is 11.4 Å². The van der Waals surface area contributed by atoms with Gasteiger partial charge < -0.3 is 15.0 Å². The molecule has 0 atom stereocenters. The smallest absolute Gasteiger partial charge is 0.417 e. The van der Waals surface area contributed by atoms with Gasteiger partial charge in [-0.2, -0.15) is 18.3 Å². The fourth-order valence-corrected chi connectivity index (χ4v) is 3.51. The van der Waals surface area contributed by atoms with Gasteiger partial charge in [-0.25, -0.2) is 14.5 Å². The van der Waals surface area contributed by atoms with Crippen LogP contribution in [0, 0.1) is 6.92 Å². The zero-order valence-electron chi connectivity index (χ0n) is 19.8. The third-order valence-electron chi connectivity index (χ3n) is 5.30. The summed E-state index contributed by atoms with van der Waals surface area (Å²) in [4.78, 5) is 30.6. The number of aromatic nitrogens is 3. The Kier molecular flexibility index (Phi) is 7.78. The summed E-state index contributed by atoms with van der Waals surface area (Å²) in [5.41, 5.74) is 1.07. The number of pyridine rings is 1. The molecule has 0 spiro atoms. The Morgan fingerprint density at radius 1 is 1.11 bits per heavy atom. The van der Waals surface area contributed by atoms with E-state index in [0.717, 1.165) is 24.4 Å². The van der Waals surface area contributed by atoms with Crippen LogP contribution in [0.2, 0.25) is 0 Å². The van der Waals surface area contributed by atoms with E-state index in [4.69, 9.17) is 4.74 Å². The number of nitrogens with zero attached hydrogens (tertiary/aromatic N) is 4. The van der Waals surface area contributed by atoms with E-state index in [1.807, 2.05) is 12.1 Å². The predicted octanol–water partition coefficient (Wildman–Crippen LogP) is 4.62. The average Bonchev–Trinajstić information content (AvgIpc) is 3.19. The second kappa shape index (κ2) is 10.6. The Labute approximate surface area is 200 Å². The standard InChI is InChI=1S/C24H26F3N5O3/c1-5-31(15(2)3)19-9-7-18(8-10-19)30-22(33)14-35-23(34)20-13-29-32(16(20)4)21-11-6-17(12-28-21)24(25,26)27/h6-13,15H,5,14H2,1-4H3,(H,30,33). The van der Waals surface area contributed by atoms with E-state index in [9.17, 15) is 22.8 Å². The van der Waals surface area contributed by atoms with Gasteiger partial charge in [0, 0.05) is 30.2 Å². The van der Waals surface area contributed by atoms with E-state index in [1.165, 1.54) is 10.9 Å². The van der Waals surface area contributed by atoms with Crippen LogP contribution in [0.4, 0.5) is 24.5 Å². The van der Waals surface area contributed by atoms with Crippen LogP contribution in [0.25, 0.3) is 5.82 Å². The Morgan fingerprint density at radius 3 is 2.34 bits per heavy atom. The highest BCUT2D eigenvalue weighted by atomic mass is 19.4. The van der Waals surface area contributed by atoms with E-state index < -0.39 is 30.2 Å². The number of ether oxygens (including phenoxy) is 1. The van der Waals surface area contributed by atoms with Crippen molar-refractivity contribution < 1.29 is 27.5 Å². The van der Waals surface area contributed by atoms with Gasteiger partial charge in [0.1, 0.15) is 5.56 Å². The van der Waals surface area contributed by atoms with Crippen molar-refractivity contribution in [2.45, 2.75) is 39.9 Å². The highest BCUT2D eigenvalue weighted by Crippen LogP contribution is 2.29. The number of anilines is 2. The van der Waals surface area contributed by atoms with Gasteiger partial charge in [-0.3, -0.25) is 4.79 Å². The second-order valence-corrected chi connectivity index (χ2v) is 8.01. The molecule has 1 amide bonds. The Hall–Kier alpha value is -3.89. The second-order valence-electron chi connectivity index (χ2n) is 8.01. The average molecular weight is 489 g/mol. The minimum absolute atomic E-state index is 0.0668. The predicted molar refractivity (Wildman–Crippen MR) is 125 cm³/mol. The third-order valence-corrected chi connectivity index (χ3v) is 5.30. The number of benzene rings is 1. The highest BCUT2D eigenvalue weighted by molar-refractivity contribution is 5.96. The largest absolute Gasteiger partial charge is 0.452 e. The zero-order valence-corrected chi connectivity index (χ0v) is 19.8. The minimum Gasteiger partial charge on any atom is -0.452 e. The lowest BCUT2D eigenvalue weighted by atomic mass is 10.2. The van der Waals surface area contributed by atoms with E-state index in [0.29, 0.717) is 23.6 Å². The number of amides is 1. The van der Waals surface area contributed by atoms with Crippen LogP contribution in [0.3, 0.4) is 0 Å². The van der Waals surface area contributed by atoms with Crippen LogP contribution < -0.4 is 10.2 Å². The molecule has 0 radical (unpaired) electrons. The van der Waals surface area contributed by atoms with Gasteiger partial charge in [0.2, 0.25) is 0 Å². The van der Waals surface area contributed by atoms with Crippen molar-refractivity contribution in [3.8, 4) is 5.82 Å². The fraction of sp³-hybridized carbons (Fsp3) is 0.333. The molecule has 0 bridgehead atoms. The van der Waals surface area contributed by atoms with Crippen LogP contribution in [-0.2, 0) is 15.7 Å². The summed E-state index contributed by atoms with van der Waals surface area (Å²) in [6.07, 6.45) is -2.61. The van der Waals surface area contributed by atoms with Gasteiger partial charge in [-0.15, -0.1) is 0 Å². The quantitative estimate of drug-likeness (QED) is 0.465. The number of halogens is 3. The number of rotatable bonds is 8. The maximum atomic E-state index is 12.7. The van der Waals surface area contributed by atoms with Crippen LogP contribution in [-0.4, -0.2) is 45.8 Å². The molecule has 0 saturated heterocycles. The SMILES string of the molecule is CCN(c1ccc(NC(=O)COC(=O)c2cnn(-c3ccc(C(F)(F)F)cn3)c2C)cc1)C(C)C. The first-order valence-electron chi connectivity index (χ1n) is 10.9. The van der Waals surface area contributed by atoms with E-state index in [2.05, 4.69) is 41.1 Å². The first-order valence-corrected chi connectivity index (χ1v) is 10.9. The van der Waals surface area contributed by atoms with Crippen LogP contribution in [0.1, 0.15) is 42.4 Å². The van der Waals surface area contributed by atoms with Gasteiger partial charge in [0.25, 0.3) is 5.91 Å². The monoisotopic (exact) mass is 489 g/mol. The first kappa shape index (κ1) is 25.7. The summed E-state index contributed by atoms with van der Waals surface area (Å²) in [5.74, 6) is -1.20. The molecule has 0 aliphatic heterocycles. The molecular formula is C24H26F3N5O3. The summed E-state index contributed by atoms with van der Waals surface area (Å²) >= 11 is 0. The van der Waals surface area contributed by atoms with Crippen molar-refractivity contribution in [3.05, 3.63) is 65.6 Å². The summed E-state index contributed by atoms with van der Waals surface area (Å²) in [5, 5.41) is 6.67. The lowest BCUT2D eigenvalue weighted by molar-refractivity contribution is -0.137. The number of carbonyl (C=O) groups is 2. The molecule has 3 aromatic rings. The van der Waals surface area contributed by atoms with E-state index >= 15 is 0 Å². The molecule has 0 unspecified atom stereocenters. The third kappa shape index (κ3) is 6.17. The number of esters is 1. The van der Waals surface area contributed by atoms with Crippen molar-refractivity contribution in [1.29, 1.82) is 0 Å². The van der Waals surface area contributed by atoms with Crippen LogP contribution in [0.15, 0.2) is 48.8 Å². The lowest BCUT2D eigenvalue weighted by Crippen LogP contribution is -2.30. The van der Waals surface area contributed by atoms with Gasteiger partial charge in [0.15, 0.2) is 12.4 Å². The number of nitrogens with one attached hydrogen (secondary N) is 1. The van der Waals surface area contributed by atoms with Crippen molar-refractivity contribution >= 4 is 23.3 Å². The Balaban J connectivity index is 1.59. The number of carbonyl (C=O) groups excluding carboxylic acids is 2. The minimum atomic E-state index is -4.51. The molecule has 0 aliphatic rings. The maximum Gasteiger partial charge on any atom is 0.417 e. The van der Waals surface area contributed by atoms with Crippen LogP contribution >= 0.6 is 0 Å². The van der Waals surface area contributed by atoms with E-state index in [1.54, 1.807) is 19.1 Å². The van der Waals surface area contributed by atoms with Crippen LogP contribution in [0.5, 0.6) is 0 Å². The summed E-state index contributed by atoms with van der Waals surface area (Å²) in [6, 6.07) is 9.70. The molecule has 11 heteroatoms. The molecule has 1 N–H and O–H groups in total. The number of alkyl halides is 3. The summed E-state index contributed by atoms with van der Waals surface area (Å²) < 4.78 is 44.5. The summed E-state index contributed by atoms with van der Waals surface area (Å²) in [6.45, 7) is 8.13. The normalized spacial score (nSPS) is 11.4. The molecular weight excluding hydrogens is 463 g/mol. The molecule has 2 aromatic heterocycles. The fourth-order valence-electron chi connectivity index (χ4n) is 3.51. The topological polar surface area (TPSA) is 89.4 Å². The van der Waals surface area contributed by atoms with Crippen molar-refractivity contribution in [2.24, 2.45) is 0 Å². The molecule has 8 nitrogen and oxygen atoms in total. The summed E-state index contributed by atoms with van der Waals surface area (Å²) in [7, 11) is 0. The van der Waals surface area contributed by atoms with Gasteiger partial charge in [0.05, 0.1) is 17.5 Å². The Morgan fingerprint density at radius 2 is 1.80 bits per heavy atom. The zero-order chi connectivity index (χ0) is 25.8.